The van der Waals surface area contributed by atoms with Crippen molar-refractivity contribution in [3.63, 3.8) is 0 Å². The Kier molecular flexibility index (Phi) is 4.83. The van der Waals surface area contributed by atoms with E-state index in [1.54, 1.807) is 0 Å². The van der Waals surface area contributed by atoms with Crippen molar-refractivity contribution in [1.82, 2.24) is 9.97 Å². The lowest BCUT2D eigenvalue weighted by molar-refractivity contribution is 0.669. The van der Waals surface area contributed by atoms with Crippen LogP contribution in [-0.2, 0) is 0 Å². The second-order valence-electron chi connectivity index (χ2n) is 14.1. The highest BCUT2D eigenvalue weighted by molar-refractivity contribution is 6.29. The zero-order chi connectivity index (χ0) is 33.7. The molecule has 0 atom stereocenters. The van der Waals surface area contributed by atoms with Gasteiger partial charge in [0.15, 0.2) is 0 Å². The van der Waals surface area contributed by atoms with Crippen molar-refractivity contribution < 1.29 is 8.83 Å². The Morgan fingerprint density at radius 3 is 1.15 bits per heavy atom. The van der Waals surface area contributed by atoms with Crippen molar-refractivity contribution in [2.75, 3.05) is 0 Å². The third-order valence-electron chi connectivity index (χ3n) is 11.5. The van der Waals surface area contributed by atoms with Crippen LogP contribution in [0.1, 0.15) is 0 Å². The zero-order valence-electron chi connectivity index (χ0n) is 27.7. The molecule has 8 aromatic carbocycles. The average Bonchev–Trinajstić information content (AvgIpc) is 3.96. The van der Waals surface area contributed by atoms with Gasteiger partial charge in [-0.05, 0) is 70.8 Å². The monoisotopic (exact) mass is 662 g/mol. The topological polar surface area (TPSA) is 57.9 Å². The number of aromatic amines is 2. The lowest BCUT2D eigenvalue weighted by Crippen LogP contribution is -1.99. The van der Waals surface area contributed by atoms with Crippen LogP contribution in [0.4, 0.5) is 0 Å². The van der Waals surface area contributed by atoms with Crippen molar-refractivity contribution in [2.24, 2.45) is 0 Å². The maximum absolute atomic E-state index is 6.96. The molecule has 52 heavy (non-hydrogen) atoms. The maximum Gasteiger partial charge on any atom is 0.143 e. The third kappa shape index (κ3) is 3.23. The van der Waals surface area contributed by atoms with Crippen LogP contribution in [-0.4, -0.2) is 9.97 Å². The lowest BCUT2D eigenvalue weighted by atomic mass is 9.77. The lowest BCUT2D eigenvalue weighted by Gasteiger charge is -2.25. The molecular formula is C48H26N2O2. The van der Waals surface area contributed by atoms with Gasteiger partial charge in [0.1, 0.15) is 22.3 Å². The van der Waals surface area contributed by atoms with E-state index >= 15 is 0 Å². The van der Waals surface area contributed by atoms with Crippen LogP contribution in [0, 0.1) is 0 Å². The van der Waals surface area contributed by atoms with Gasteiger partial charge < -0.3 is 18.8 Å². The summed E-state index contributed by atoms with van der Waals surface area (Å²) in [4.78, 5) is 7.50. The summed E-state index contributed by atoms with van der Waals surface area (Å²) >= 11 is 0. The van der Waals surface area contributed by atoms with Gasteiger partial charge in [-0.15, -0.1) is 0 Å². The number of H-pyrrole nitrogens is 2. The van der Waals surface area contributed by atoms with Gasteiger partial charge in [-0.2, -0.15) is 0 Å². The molecule has 0 saturated heterocycles. The summed E-state index contributed by atoms with van der Waals surface area (Å²) in [5, 5.41) is 9.22. The van der Waals surface area contributed by atoms with Crippen molar-refractivity contribution >= 4 is 87.5 Å². The molecule has 0 saturated carbocycles. The van der Waals surface area contributed by atoms with E-state index in [1.807, 2.05) is 0 Å². The Bertz CT molecular complexity index is 3300. The first kappa shape index (κ1) is 26.8. The second kappa shape index (κ2) is 9.39. The zero-order valence-corrected chi connectivity index (χ0v) is 27.7. The van der Waals surface area contributed by atoms with Gasteiger partial charge in [0.2, 0.25) is 0 Å². The molecule has 0 spiro atoms. The summed E-state index contributed by atoms with van der Waals surface area (Å²) in [7, 11) is 0. The van der Waals surface area contributed by atoms with E-state index in [4.69, 9.17) is 8.83 Å². The number of hydrogen-bond donors (Lipinski definition) is 2. The molecular weight excluding hydrogens is 637 g/mol. The average molecular weight is 663 g/mol. The smallest absolute Gasteiger partial charge is 0.143 e. The van der Waals surface area contributed by atoms with Crippen LogP contribution < -0.4 is 0 Å². The van der Waals surface area contributed by atoms with Gasteiger partial charge in [-0.3, -0.25) is 0 Å². The van der Waals surface area contributed by atoms with Crippen molar-refractivity contribution in [2.45, 2.75) is 0 Å². The van der Waals surface area contributed by atoms with Crippen LogP contribution in [0.5, 0.6) is 0 Å². The number of nitrogens with one attached hydrogen (secondary N) is 2. The minimum Gasteiger partial charge on any atom is -0.455 e. The summed E-state index contributed by atoms with van der Waals surface area (Å²) in [6.45, 7) is 0. The predicted molar refractivity (Wildman–Crippen MR) is 215 cm³/mol. The molecule has 1 aliphatic carbocycles. The largest absolute Gasteiger partial charge is 0.455 e. The van der Waals surface area contributed by atoms with Crippen LogP contribution in [0.25, 0.3) is 132 Å². The number of aromatic nitrogens is 2. The minimum absolute atomic E-state index is 0.884. The summed E-state index contributed by atoms with van der Waals surface area (Å²) in [5.41, 5.74) is 17.1. The van der Waals surface area contributed by atoms with E-state index in [1.165, 1.54) is 32.7 Å². The number of furan rings is 2. The van der Waals surface area contributed by atoms with Crippen LogP contribution in [0.2, 0.25) is 0 Å². The molecule has 4 heterocycles. The Morgan fingerprint density at radius 1 is 0.288 bits per heavy atom. The molecule has 240 valence electrons. The summed E-state index contributed by atoms with van der Waals surface area (Å²) in [6.07, 6.45) is 0. The van der Waals surface area contributed by atoms with Gasteiger partial charge >= 0.3 is 0 Å². The number of rotatable bonds is 0. The van der Waals surface area contributed by atoms with E-state index in [9.17, 15) is 0 Å². The highest BCUT2D eigenvalue weighted by atomic mass is 16.3. The first-order chi connectivity index (χ1) is 25.8. The molecule has 13 rings (SSSR count). The van der Waals surface area contributed by atoms with Gasteiger partial charge in [-0.1, -0.05) is 97.1 Å². The summed E-state index contributed by atoms with van der Waals surface area (Å²) in [6, 6.07) is 52.3. The molecule has 0 amide bonds. The Labute approximate surface area is 295 Å². The SMILES string of the molecule is c1ccc2c(c1)[nH]c1ccc3c(c12)-c1c(ccc2c1oc1ccccc12)-c1ccc2c(oc4ccccc42)c1-c1c-3ccc2[nH]c3ccccc3c12. The van der Waals surface area contributed by atoms with E-state index in [-0.39, 0.29) is 0 Å². The van der Waals surface area contributed by atoms with Gasteiger partial charge in [0, 0.05) is 87.4 Å². The fraction of sp³-hybridized carbons (Fsp3) is 0. The number of fused-ring (bicyclic) bond motifs is 24. The van der Waals surface area contributed by atoms with E-state index in [2.05, 4.69) is 156 Å². The first-order valence-electron chi connectivity index (χ1n) is 17.8. The van der Waals surface area contributed by atoms with E-state index < -0.39 is 0 Å². The fourth-order valence-corrected chi connectivity index (χ4v) is 9.37. The predicted octanol–water partition coefficient (Wildman–Crippen LogP) is 13.7. The van der Waals surface area contributed by atoms with E-state index in [0.717, 1.165) is 99.3 Å². The normalized spacial score (nSPS) is 12.6. The maximum atomic E-state index is 6.96. The van der Waals surface area contributed by atoms with Crippen molar-refractivity contribution in [3.8, 4) is 44.5 Å². The van der Waals surface area contributed by atoms with Gasteiger partial charge in [0.25, 0.3) is 0 Å². The summed E-state index contributed by atoms with van der Waals surface area (Å²) in [5.74, 6) is 0. The Balaban J connectivity index is 1.34. The number of benzene rings is 8. The molecule has 2 N–H and O–H groups in total. The highest BCUT2D eigenvalue weighted by Gasteiger charge is 2.32. The quantitative estimate of drug-likeness (QED) is 0.170. The van der Waals surface area contributed by atoms with Crippen molar-refractivity contribution in [1.29, 1.82) is 0 Å². The summed E-state index contributed by atoms with van der Waals surface area (Å²) < 4.78 is 13.9. The standard InChI is InChI=1S/C48H26N2O2/c1-5-13-35-33(11-1)41-37(49-35)23-21-27-28-22-24-38-42(34-12-2-6-14-36(34)50-38)44(28)46-30(18-20-32-26-10-4-8-16-40(26)52-48(32)46)29-17-19-31-25-9-3-7-15-39(25)51-47(31)45(29)43(27)41/h1-24,49-50H. The molecule has 0 fully saturated rings. The van der Waals surface area contributed by atoms with Crippen molar-refractivity contribution in [3.05, 3.63) is 146 Å². The highest BCUT2D eigenvalue weighted by Crippen LogP contribution is 2.57. The molecule has 1 aliphatic rings. The number of hydrogen-bond acceptors (Lipinski definition) is 2. The molecule has 12 aromatic rings. The van der Waals surface area contributed by atoms with Gasteiger partial charge in [0.05, 0.1) is 0 Å². The molecule has 0 radical (unpaired) electrons. The minimum atomic E-state index is 0.884. The van der Waals surface area contributed by atoms with Crippen LogP contribution in [0.15, 0.2) is 154 Å². The molecule has 4 heteroatoms. The second-order valence-corrected chi connectivity index (χ2v) is 14.1. The Morgan fingerprint density at radius 2 is 0.673 bits per heavy atom. The Hall–Kier alpha value is -7.04. The van der Waals surface area contributed by atoms with Gasteiger partial charge in [-0.25, -0.2) is 0 Å². The number of para-hydroxylation sites is 4. The first-order valence-corrected chi connectivity index (χ1v) is 17.8. The molecule has 0 bridgehead atoms. The fourth-order valence-electron chi connectivity index (χ4n) is 9.37. The molecule has 4 aromatic heterocycles. The van der Waals surface area contributed by atoms with Crippen LogP contribution in [0.3, 0.4) is 0 Å². The third-order valence-corrected chi connectivity index (χ3v) is 11.5. The molecule has 4 nitrogen and oxygen atoms in total. The van der Waals surface area contributed by atoms with Crippen LogP contribution >= 0.6 is 0 Å². The van der Waals surface area contributed by atoms with E-state index in [0.29, 0.717) is 0 Å². The molecule has 0 unspecified atom stereocenters. The molecule has 0 aliphatic heterocycles.